The molecule has 0 bridgehead atoms. The first-order valence-electron chi connectivity index (χ1n) is 10.9. The lowest BCUT2D eigenvalue weighted by Crippen LogP contribution is -2.54. The number of Topliss-reactive ketones (excluding diaryl/α,β-unsaturated/α-hetero) is 1. The molecule has 2 aliphatic rings. The van der Waals surface area contributed by atoms with Crippen molar-refractivity contribution < 1.29 is 28.3 Å². The van der Waals surface area contributed by atoms with Crippen molar-refractivity contribution in [2.45, 2.75) is 78.4 Å². The summed E-state index contributed by atoms with van der Waals surface area (Å²) in [5, 5.41) is 0. The third-order valence-corrected chi connectivity index (χ3v) is 5.96. The zero-order chi connectivity index (χ0) is 23.2. The van der Waals surface area contributed by atoms with Gasteiger partial charge in [-0.25, -0.2) is 0 Å². The van der Waals surface area contributed by atoms with Crippen LogP contribution in [0.2, 0.25) is 0 Å². The number of ether oxygens (including phenoxy) is 2. The van der Waals surface area contributed by atoms with Crippen molar-refractivity contribution in [1.82, 2.24) is 0 Å². The quantitative estimate of drug-likeness (QED) is 0.388. The number of hydrogen-bond donors (Lipinski definition) is 0. The first-order chi connectivity index (χ1) is 14.2. The molecule has 3 rings (SSSR count). The van der Waals surface area contributed by atoms with Gasteiger partial charge < -0.3 is 13.9 Å². The van der Waals surface area contributed by atoms with Crippen LogP contribution in [0.5, 0.6) is 0 Å². The summed E-state index contributed by atoms with van der Waals surface area (Å²) in [5.74, 6) is -1.44. The van der Waals surface area contributed by atoms with E-state index in [9.17, 15) is 14.4 Å². The topological polar surface area (TPSA) is 82.8 Å². The summed E-state index contributed by atoms with van der Waals surface area (Å²) in [6.07, 6.45) is 5.56. The molecule has 170 valence electrons. The molecule has 2 aliphatic carbocycles. The highest BCUT2D eigenvalue weighted by molar-refractivity contribution is 6.05. The number of furan rings is 1. The summed E-state index contributed by atoms with van der Waals surface area (Å²) in [4.78, 5) is 40.2. The predicted molar refractivity (Wildman–Crippen MR) is 115 cm³/mol. The Bertz CT molecular complexity index is 837. The molecule has 0 spiro atoms. The first-order valence-corrected chi connectivity index (χ1v) is 10.9. The largest absolute Gasteiger partial charge is 0.469 e. The summed E-state index contributed by atoms with van der Waals surface area (Å²) in [7, 11) is 0. The summed E-state index contributed by atoms with van der Waals surface area (Å²) in [6.45, 7) is 12.5. The average molecular weight is 431 g/mol. The maximum absolute atomic E-state index is 13.5. The van der Waals surface area contributed by atoms with E-state index in [1.807, 2.05) is 24.3 Å². The number of rotatable bonds is 3. The zero-order valence-electron chi connectivity index (χ0n) is 19.6. The fraction of sp³-hybridized carbons (Fsp3) is 0.640. The Morgan fingerprint density at radius 2 is 1.58 bits per heavy atom. The third kappa shape index (κ3) is 4.78. The maximum Gasteiger partial charge on any atom is 0.324 e. The molecule has 1 saturated carbocycles. The highest BCUT2D eigenvalue weighted by Crippen LogP contribution is 2.52. The van der Waals surface area contributed by atoms with Crippen LogP contribution in [0.1, 0.15) is 73.0 Å². The Labute approximate surface area is 184 Å². The predicted octanol–water partition coefficient (Wildman–Crippen LogP) is 4.83. The lowest BCUT2D eigenvalue weighted by Gasteiger charge is -2.45. The summed E-state index contributed by atoms with van der Waals surface area (Å²) in [6, 6.07) is 3.70. The number of hydrogen-bond acceptors (Lipinski definition) is 6. The number of ketones is 1. The van der Waals surface area contributed by atoms with Crippen LogP contribution < -0.4 is 0 Å². The minimum absolute atomic E-state index is 0.104. The van der Waals surface area contributed by atoms with Crippen LogP contribution in [0.4, 0.5) is 0 Å². The second-order valence-electron chi connectivity index (χ2n) is 10.9. The van der Waals surface area contributed by atoms with Gasteiger partial charge in [-0.05, 0) is 71.9 Å². The molecule has 0 saturated heterocycles. The Hall–Kier alpha value is -2.37. The molecule has 1 aromatic heterocycles. The molecule has 6 heteroatoms. The molecule has 1 fully saturated rings. The lowest BCUT2D eigenvalue weighted by molar-refractivity contribution is -0.191. The van der Waals surface area contributed by atoms with Crippen LogP contribution in [0.25, 0.3) is 0 Å². The van der Waals surface area contributed by atoms with Crippen molar-refractivity contribution in [2.24, 2.45) is 23.2 Å². The molecule has 31 heavy (non-hydrogen) atoms. The van der Waals surface area contributed by atoms with Crippen molar-refractivity contribution in [1.29, 1.82) is 0 Å². The van der Waals surface area contributed by atoms with E-state index >= 15 is 0 Å². The van der Waals surface area contributed by atoms with Crippen molar-refractivity contribution in [3.63, 3.8) is 0 Å². The fourth-order valence-corrected chi connectivity index (χ4v) is 4.74. The number of esters is 2. The average Bonchev–Trinajstić information content (AvgIpc) is 3.13. The monoisotopic (exact) mass is 430 g/mol. The fourth-order valence-electron chi connectivity index (χ4n) is 4.74. The highest BCUT2D eigenvalue weighted by Gasteiger charge is 2.60. The molecule has 0 unspecified atom stereocenters. The van der Waals surface area contributed by atoms with Crippen LogP contribution in [-0.2, 0) is 23.9 Å². The molecule has 0 aliphatic heterocycles. The van der Waals surface area contributed by atoms with E-state index in [-0.39, 0.29) is 42.3 Å². The van der Waals surface area contributed by atoms with Gasteiger partial charge in [0, 0.05) is 18.3 Å². The Kier molecular flexibility index (Phi) is 5.98. The van der Waals surface area contributed by atoms with Gasteiger partial charge in [0.1, 0.15) is 22.7 Å². The Morgan fingerprint density at radius 1 is 1.00 bits per heavy atom. The van der Waals surface area contributed by atoms with E-state index in [1.165, 1.54) is 0 Å². The van der Waals surface area contributed by atoms with Crippen molar-refractivity contribution in [3.8, 4) is 0 Å². The van der Waals surface area contributed by atoms with E-state index in [2.05, 4.69) is 6.92 Å². The molecule has 0 amide bonds. The van der Waals surface area contributed by atoms with Gasteiger partial charge >= 0.3 is 11.9 Å². The number of fused-ring (bicyclic) bond motifs is 1. The van der Waals surface area contributed by atoms with Gasteiger partial charge in [0.05, 0.1) is 6.26 Å². The van der Waals surface area contributed by atoms with Gasteiger partial charge in [0.15, 0.2) is 5.41 Å². The van der Waals surface area contributed by atoms with E-state index < -0.39 is 28.6 Å². The van der Waals surface area contributed by atoms with Gasteiger partial charge in [0.2, 0.25) is 0 Å². The van der Waals surface area contributed by atoms with Crippen LogP contribution in [0.15, 0.2) is 35.0 Å². The van der Waals surface area contributed by atoms with E-state index in [1.54, 1.807) is 47.8 Å². The molecule has 0 radical (unpaired) electrons. The molecule has 0 aromatic carbocycles. The molecule has 1 aromatic rings. The number of carbonyl (C=O) groups excluding carboxylic acids is 3. The van der Waals surface area contributed by atoms with Gasteiger partial charge in [-0.3, -0.25) is 14.4 Å². The first kappa shape index (κ1) is 23.3. The summed E-state index contributed by atoms with van der Waals surface area (Å²) in [5.41, 5.74) is -3.24. The third-order valence-electron chi connectivity index (χ3n) is 5.96. The van der Waals surface area contributed by atoms with Crippen LogP contribution >= 0.6 is 0 Å². The van der Waals surface area contributed by atoms with Crippen LogP contribution in [0, 0.1) is 23.2 Å². The normalized spacial score (nSPS) is 28.0. The van der Waals surface area contributed by atoms with Crippen molar-refractivity contribution in [3.05, 3.63) is 36.3 Å². The summed E-state index contributed by atoms with van der Waals surface area (Å²) >= 11 is 0. The van der Waals surface area contributed by atoms with E-state index in [4.69, 9.17) is 13.9 Å². The van der Waals surface area contributed by atoms with Crippen molar-refractivity contribution in [2.75, 3.05) is 0 Å². The minimum Gasteiger partial charge on any atom is -0.469 e. The maximum atomic E-state index is 13.5. The standard InChI is InChI=1S/C25H34O6/c1-15-10-11-16-13-25(21(27)30-23(2,3)4,22(28)31-24(5,6)7)14-17(26)20(16)19(15)18-9-8-12-29-18/h8-12,15-16,19-20H,13-14H2,1-7H3/t15-,16+,19-,20-/m1/s1. The van der Waals surface area contributed by atoms with Crippen LogP contribution in [0.3, 0.4) is 0 Å². The second kappa shape index (κ2) is 7.95. The van der Waals surface area contributed by atoms with Crippen molar-refractivity contribution >= 4 is 17.7 Å². The van der Waals surface area contributed by atoms with Crippen LogP contribution in [-0.4, -0.2) is 28.9 Å². The van der Waals surface area contributed by atoms with Gasteiger partial charge in [0.25, 0.3) is 0 Å². The van der Waals surface area contributed by atoms with Gasteiger partial charge in [-0.15, -0.1) is 0 Å². The SMILES string of the molecule is C[C@@H]1C=C[C@H]2CC(C(=O)OC(C)(C)C)(C(=O)OC(C)(C)C)CC(=O)[C@@H]2[C@H]1c1ccco1. The molecule has 4 atom stereocenters. The number of allylic oxidation sites excluding steroid dienone is 2. The molecule has 0 N–H and O–H groups in total. The van der Waals surface area contributed by atoms with E-state index in [0.29, 0.717) is 0 Å². The van der Waals surface area contributed by atoms with Gasteiger partial charge in [-0.2, -0.15) is 0 Å². The molecule has 6 nitrogen and oxygen atoms in total. The second-order valence-corrected chi connectivity index (χ2v) is 10.9. The minimum atomic E-state index is -1.66. The van der Waals surface area contributed by atoms with E-state index in [0.717, 1.165) is 5.76 Å². The Balaban J connectivity index is 2.01. The zero-order valence-corrected chi connectivity index (χ0v) is 19.6. The lowest BCUT2D eigenvalue weighted by atomic mass is 9.57. The van der Waals surface area contributed by atoms with Gasteiger partial charge in [-0.1, -0.05) is 19.1 Å². The molecule has 1 heterocycles. The number of carbonyl (C=O) groups is 3. The molecular weight excluding hydrogens is 396 g/mol. The molecular formula is C25H34O6. The Morgan fingerprint density at radius 3 is 2.06 bits per heavy atom. The summed E-state index contributed by atoms with van der Waals surface area (Å²) < 4.78 is 16.9. The highest BCUT2D eigenvalue weighted by atomic mass is 16.6. The smallest absolute Gasteiger partial charge is 0.324 e.